The second-order valence-corrected chi connectivity index (χ2v) is 5.59. The Kier molecular flexibility index (Phi) is 6.55. The van der Waals surface area contributed by atoms with Crippen molar-refractivity contribution in [3.05, 3.63) is 35.9 Å². The molecule has 0 bridgehead atoms. The third-order valence-electron chi connectivity index (χ3n) is 4.07. The molecule has 0 aromatic heterocycles. The first kappa shape index (κ1) is 17.4. The summed E-state index contributed by atoms with van der Waals surface area (Å²) in [5.41, 5.74) is 1.17. The lowest BCUT2D eigenvalue weighted by molar-refractivity contribution is -0.139. The lowest BCUT2D eigenvalue weighted by Gasteiger charge is -2.41. The van der Waals surface area contributed by atoms with Gasteiger partial charge in [-0.25, -0.2) is 0 Å². The van der Waals surface area contributed by atoms with Gasteiger partial charge in [0.1, 0.15) is 0 Å². The van der Waals surface area contributed by atoms with Crippen LogP contribution >= 0.6 is 0 Å². The number of hydrogen-bond acceptors (Lipinski definition) is 4. The SMILES string of the molecule is CCN1CCO[C@@H](CNC(=O)CCC(=O)O)[C@@H]1c1ccccc1. The standard InChI is InChI=1S/C17H24N2O4/c1-2-19-10-11-23-14(12-18-15(20)8-9-16(21)22)17(19)13-6-4-3-5-7-13/h3-7,14,17H,2,8-12H2,1H3,(H,18,20)(H,21,22)/t14-,17-/m0/s1. The fourth-order valence-electron chi connectivity index (χ4n) is 2.91. The Hall–Kier alpha value is -1.92. The van der Waals surface area contributed by atoms with E-state index in [1.807, 2.05) is 18.2 Å². The van der Waals surface area contributed by atoms with E-state index in [-0.39, 0.29) is 30.9 Å². The molecular formula is C17H24N2O4. The minimum absolute atomic E-state index is 0.00442. The van der Waals surface area contributed by atoms with E-state index in [4.69, 9.17) is 9.84 Å². The first-order valence-corrected chi connectivity index (χ1v) is 8.01. The lowest BCUT2D eigenvalue weighted by Crippen LogP contribution is -2.49. The van der Waals surface area contributed by atoms with E-state index in [0.29, 0.717) is 13.2 Å². The van der Waals surface area contributed by atoms with Crippen LogP contribution in [0.2, 0.25) is 0 Å². The van der Waals surface area contributed by atoms with Gasteiger partial charge in [-0.05, 0) is 12.1 Å². The molecule has 1 saturated heterocycles. The molecule has 6 nitrogen and oxygen atoms in total. The molecule has 1 amide bonds. The van der Waals surface area contributed by atoms with Crippen molar-refractivity contribution in [2.24, 2.45) is 0 Å². The normalized spacial score (nSPS) is 21.8. The summed E-state index contributed by atoms with van der Waals surface area (Å²) < 4.78 is 5.88. The Labute approximate surface area is 136 Å². The highest BCUT2D eigenvalue weighted by molar-refractivity contribution is 5.80. The van der Waals surface area contributed by atoms with Crippen molar-refractivity contribution < 1.29 is 19.4 Å². The molecule has 126 valence electrons. The van der Waals surface area contributed by atoms with Crippen molar-refractivity contribution in [2.45, 2.75) is 31.9 Å². The summed E-state index contributed by atoms with van der Waals surface area (Å²) in [5, 5.41) is 11.4. The van der Waals surface area contributed by atoms with Gasteiger partial charge in [0, 0.05) is 19.5 Å². The van der Waals surface area contributed by atoms with Crippen molar-refractivity contribution in [1.82, 2.24) is 10.2 Å². The third kappa shape index (κ3) is 5.04. The molecular weight excluding hydrogens is 296 g/mol. The minimum Gasteiger partial charge on any atom is -0.481 e. The Morgan fingerprint density at radius 3 is 2.70 bits per heavy atom. The van der Waals surface area contributed by atoms with Crippen molar-refractivity contribution >= 4 is 11.9 Å². The monoisotopic (exact) mass is 320 g/mol. The first-order chi connectivity index (χ1) is 11.1. The van der Waals surface area contributed by atoms with E-state index in [2.05, 4.69) is 29.3 Å². The number of nitrogens with one attached hydrogen (secondary N) is 1. The number of carbonyl (C=O) groups is 2. The van der Waals surface area contributed by atoms with Crippen LogP contribution < -0.4 is 5.32 Å². The maximum absolute atomic E-state index is 11.7. The molecule has 1 aromatic rings. The number of carbonyl (C=O) groups excluding carboxylic acids is 1. The molecule has 0 saturated carbocycles. The maximum Gasteiger partial charge on any atom is 0.303 e. The second kappa shape index (κ2) is 8.64. The molecule has 2 rings (SSSR count). The van der Waals surface area contributed by atoms with Crippen LogP contribution in [0.5, 0.6) is 0 Å². The quantitative estimate of drug-likeness (QED) is 0.794. The molecule has 0 aliphatic carbocycles. The highest BCUT2D eigenvalue weighted by Gasteiger charge is 2.32. The number of rotatable bonds is 7. The van der Waals surface area contributed by atoms with Crippen molar-refractivity contribution in [3.63, 3.8) is 0 Å². The van der Waals surface area contributed by atoms with Crippen LogP contribution in [0.3, 0.4) is 0 Å². The van der Waals surface area contributed by atoms with Crippen molar-refractivity contribution in [2.75, 3.05) is 26.2 Å². The van der Waals surface area contributed by atoms with Gasteiger partial charge in [-0.15, -0.1) is 0 Å². The Balaban J connectivity index is 2.00. The summed E-state index contributed by atoms with van der Waals surface area (Å²) in [7, 11) is 0. The van der Waals surface area contributed by atoms with E-state index in [1.54, 1.807) is 0 Å². The summed E-state index contributed by atoms with van der Waals surface area (Å²) in [6, 6.07) is 10.2. The van der Waals surface area contributed by atoms with Crippen LogP contribution in [-0.4, -0.2) is 54.2 Å². The second-order valence-electron chi connectivity index (χ2n) is 5.59. The summed E-state index contributed by atoms with van der Waals surface area (Å²) in [5.74, 6) is -1.22. The predicted octanol–water partition coefficient (Wildman–Crippen LogP) is 1.43. The van der Waals surface area contributed by atoms with Gasteiger partial charge in [-0.1, -0.05) is 37.3 Å². The van der Waals surface area contributed by atoms with E-state index in [9.17, 15) is 9.59 Å². The average Bonchev–Trinajstić information content (AvgIpc) is 2.58. The molecule has 1 fully saturated rings. The molecule has 1 aliphatic rings. The number of carboxylic acids is 1. The van der Waals surface area contributed by atoms with Crippen LogP contribution in [0.15, 0.2) is 30.3 Å². The number of benzene rings is 1. The van der Waals surface area contributed by atoms with Crippen molar-refractivity contribution in [3.8, 4) is 0 Å². The number of aliphatic carboxylic acids is 1. The number of carboxylic acid groups (broad SMARTS) is 1. The number of hydrogen-bond donors (Lipinski definition) is 2. The Morgan fingerprint density at radius 2 is 2.04 bits per heavy atom. The van der Waals surface area contributed by atoms with Gasteiger partial charge < -0.3 is 15.2 Å². The zero-order chi connectivity index (χ0) is 16.7. The Morgan fingerprint density at radius 1 is 1.30 bits per heavy atom. The molecule has 6 heteroatoms. The molecule has 2 atom stereocenters. The third-order valence-corrected chi connectivity index (χ3v) is 4.07. The van der Waals surface area contributed by atoms with Gasteiger partial charge in [0.05, 0.1) is 25.2 Å². The minimum atomic E-state index is -0.964. The van der Waals surface area contributed by atoms with E-state index < -0.39 is 5.97 Å². The van der Waals surface area contributed by atoms with Crippen LogP contribution in [0.4, 0.5) is 0 Å². The number of nitrogens with zero attached hydrogens (tertiary/aromatic N) is 1. The smallest absolute Gasteiger partial charge is 0.303 e. The molecule has 1 aliphatic heterocycles. The summed E-state index contributed by atoms with van der Waals surface area (Å²) in [6.45, 7) is 4.90. The zero-order valence-electron chi connectivity index (χ0n) is 13.4. The van der Waals surface area contributed by atoms with Gasteiger partial charge in [0.2, 0.25) is 5.91 Å². The fourth-order valence-corrected chi connectivity index (χ4v) is 2.91. The summed E-state index contributed by atoms with van der Waals surface area (Å²) in [6.07, 6.45) is -0.296. The van der Waals surface area contributed by atoms with Gasteiger partial charge in [-0.3, -0.25) is 14.5 Å². The molecule has 0 unspecified atom stereocenters. The molecule has 0 radical (unpaired) electrons. The highest BCUT2D eigenvalue weighted by atomic mass is 16.5. The summed E-state index contributed by atoms with van der Waals surface area (Å²) in [4.78, 5) is 24.6. The maximum atomic E-state index is 11.7. The zero-order valence-corrected chi connectivity index (χ0v) is 13.4. The van der Waals surface area contributed by atoms with Crippen molar-refractivity contribution in [1.29, 1.82) is 0 Å². The topological polar surface area (TPSA) is 78.9 Å². The summed E-state index contributed by atoms with van der Waals surface area (Å²) >= 11 is 0. The largest absolute Gasteiger partial charge is 0.481 e. The molecule has 0 spiro atoms. The van der Waals surface area contributed by atoms with E-state index >= 15 is 0 Å². The predicted molar refractivity (Wildman–Crippen MR) is 86.0 cm³/mol. The molecule has 1 aromatic carbocycles. The van der Waals surface area contributed by atoms with Gasteiger partial charge >= 0.3 is 5.97 Å². The number of ether oxygens (including phenoxy) is 1. The lowest BCUT2D eigenvalue weighted by atomic mass is 9.98. The Bertz CT molecular complexity index is 521. The van der Waals surface area contributed by atoms with E-state index in [0.717, 1.165) is 13.1 Å². The average molecular weight is 320 g/mol. The number of likely N-dealkylation sites (N-methyl/N-ethyl adjacent to an activating group) is 1. The number of amides is 1. The number of morpholine rings is 1. The van der Waals surface area contributed by atoms with Gasteiger partial charge in [0.15, 0.2) is 0 Å². The molecule has 23 heavy (non-hydrogen) atoms. The van der Waals surface area contributed by atoms with Crippen LogP contribution in [0.25, 0.3) is 0 Å². The van der Waals surface area contributed by atoms with Crippen LogP contribution in [0.1, 0.15) is 31.4 Å². The fraction of sp³-hybridized carbons (Fsp3) is 0.529. The van der Waals surface area contributed by atoms with Gasteiger partial charge in [-0.2, -0.15) is 0 Å². The molecule has 2 N–H and O–H groups in total. The van der Waals surface area contributed by atoms with Gasteiger partial charge in [0.25, 0.3) is 0 Å². The molecule has 1 heterocycles. The van der Waals surface area contributed by atoms with E-state index in [1.165, 1.54) is 5.56 Å². The van der Waals surface area contributed by atoms with Crippen LogP contribution in [0, 0.1) is 0 Å². The highest BCUT2D eigenvalue weighted by Crippen LogP contribution is 2.28. The van der Waals surface area contributed by atoms with Crippen LogP contribution in [-0.2, 0) is 14.3 Å². The first-order valence-electron chi connectivity index (χ1n) is 8.01.